The summed E-state index contributed by atoms with van der Waals surface area (Å²) in [6.07, 6.45) is 2.17. The molecule has 0 radical (unpaired) electrons. The molecular weight excluding hydrogens is 386 g/mol. The molecule has 3 aromatic carbocycles. The zero-order valence-electron chi connectivity index (χ0n) is 17.8. The molecule has 0 saturated carbocycles. The Morgan fingerprint density at radius 3 is 2.58 bits per heavy atom. The highest BCUT2D eigenvalue weighted by atomic mass is 16.5. The number of ether oxygens (including phenoxy) is 2. The van der Waals surface area contributed by atoms with Crippen molar-refractivity contribution >= 4 is 16.6 Å². The Balaban J connectivity index is 1.69. The predicted molar refractivity (Wildman–Crippen MR) is 125 cm³/mol. The number of nitriles is 1. The maximum atomic E-state index is 9.40. The summed E-state index contributed by atoms with van der Waals surface area (Å²) in [5, 5.41) is 13.7. The smallest absolute Gasteiger partial charge is 0.119 e. The molecule has 0 fully saturated rings. The van der Waals surface area contributed by atoms with E-state index >= 15 is 0 Å². The van der Waals surface area contributed by atoms with E-state index in [1.807, 2.05) is 49.5 Å². The Morgan fingerprint density at radius 2 is 1.84 bits per heavy atom. The van der Waals surface area contributed by atoms with Crippen LogP contribution in [0.1, 0.15) is 11.1 Å². The molecule has 5 heteroatoms. The van der Waals surface area contributed by atoms with Gasteiger partial charge in [-0.25, -0.2) is 0 Å². The number of aromatic nitrogens is 1. The van der Waals surface area contributed by atoms with Gasteiger partial charge in [0.1, 0.15) is 12.4 Å². The molecule has 0 amide bonds. The lowest BCUT2D eigenvalue weighted by Gasteiger charge is -2.08. The molecule has 1 N–H and O–H groups in total. The summed E-state index contributed by atoms with van der Waals surface area (Å²) in [5.74, 6) is 0.835. The second-order valence-corrected chi connectivity index (χ2v) is 7.33. The van der Waals surface area contributed by atoms with E-state index in [2.05, 4.69) is 46.4 Å². The van der Waals surface area contributed by atoms with E-state index in [1.165, 1.54) is 5.56 Å². The fourth-order valence-corrected chi connectivity index (χ4v) is 3.70. The van der Waals surface area contributed by atoms with Crippen LogP contribution in [0.5, 0.6) is 5.75 Å². The molecular formula is C26H25N3O2. The summed E-state index contributed by atoms with van der Waals surface area (Å²) in [6.45, 7) is 1.83. The summed E-state index contributed by atoms with van der Waals surface area (Å²) in [5.41, 5.74) is 6.23. The Labute approximate surface area is 182 Å². The van der Waals surface area contributed by atoms with Crippen LogP contribution in [0.2, 0.25) is 0 Å². The molecule has 1 aromatic heterocycles. The van der Waals surface area contributed by atoms with Gasteiger partial charge in [-0.3, -0.25) is 0 Å². The number of nitrogens with one attached hydrogen (secondary N) is 1. The van der Waals surface area contributed by atoms with Crippen LogP contribution in [-0.2, 0) is 11.3 Å². The van der Waals surface area contributed by atoms with Gasteiger partial charge in [0, 0.05) is 49.1 Å². The highest BCUT2D eigenvalue weighted by Gasteiger charge is 2.12. The minimum atomic E-state index is 0.536. The largest absolute Gasteiger partial charge is 0.491 e. The monoisotopic (exact) mass is 411 g/mol. The Kier molecular flexibility index (Phi) is 6.21. The van der Waals surface area contributed by atoms with Gasteiger partial charge in [-0.1, -0.05) is 24.3 Å². The van der Waals surface area contributed by atoms with Gasteiger partial charge in [-0.05, 0) is 53.6 Å². The molecule has 0 spiro atoms. The molecule has 0 aliphatic heterocycles. The highest BCUT2D eigenvalue weighted by Crippen LogP contribution is 2.33. The van der Waals surface area contributed by atoms with Crippen molar-refractivity contribution in [3.63, 3.8) is 0 Å². The van der Waals surface area contributed by atoms with Crippen LogP contribution >= 0.6 is 0 Å². The molecule has 0 atom stereocenters. The highest BCUT2D eigenvalue weighted by molar-refractivity contribution is 5.97. The molecule has 0 aliphatic carbocycles. The fourth-order valence-electron chi connectivity index (χ4n) is 3.70. The van der Waals surface area contributed by atoms with E-state index in [-0.39, 0.29) is 0 Å². The van der Waals surface area contributed by atoms with Gasteiger partial charge >= 0.3 is 0 Å². The topological polar surface area (TPSA) is 59.2 Å². The first-order chi connectivity index (χ1) is 15.2. The number of rotatable bonds is 8. The fraction of sp³-hybridized carbons (Fsp3) is 0.192. The van der Waals surface area contributed by atoms with E-state index in [0.717, 1.165) is 40.0 Å². The Bertz CT molecular complexity index is 1220. The van der Waals surface area contributed by atoms with Crippen molar-refractivity contribution in [2.75, 3.05) is 32.7 Å². The van der Waals surface area contributed by atoms with Crippen molar-refractivity contribution in [1.29, 1.82) is 5.26 Å². The molecule has 4 aromatic rings. The van der Waals surface area contributed by atoms with Gasteiger partial charge < -0.3 is 19.4 Å². The maximum absolute atomic E-state index is 9.40. The Morgan fingerprint density at radius 1 is 1.00 bits per heavy atom. The van der Waals surface area contributed by atoms with Crippen molar-refractivity contribution in [2.45, 2.75) is 6.54 Å². The molecule has 156 valence electrons. The quantitative estimate of drug-likeness (QED) is 0.400. The van der Waals surface area contributed by atoms with Gasteiger partial charge in [-0.2, -0.15) is 5.26 Å². The Hall–Kier alpha value is -3.75. The van der Waals surface area contributed by atoms with Gasteiger partial charge in [0.25, 0.3) is 0 Å². The zero-order chi connectivity index (χ0) is 21.6. The lowest BCUT2D eigenvalue weighted by atomic mass is 10.0. The third-order valence-corrected chi connectivity index (χ3v) is 5.30. The number of nitrogens with zero attached hydrogens (tertiary/aromatic N) is 2. The third-order valence-electron chi connectivity index (χ3n) is 5.30. The number of fused-ring (bicyclic) bond motifs is 1. The first-order valence-corrected chi connectivity index (χ1v) is 10.2. The maximum Gasteiger partial charge on any atom is 0.119 e. The van der Waals surface area contributed by atoms with E-state index in [1.54, 1.807) is 7.11 Å². The van der Waals surface area contributed by atoms with Crippen LogP contribution in [0, 0.1) is 11.3 Å². The normalized spacial score (nSPS) is 10.7. The minimum absolute atomic E-state index is 0.536. The van der Waals surface area contributed by atoms with Crippen molar-refractivity contribution < 1.29 is 9.47 Å². The van der Waals surface area contributed by atoms with E-state index in [9.17, 15) is 5.26 Å². The van der Waals surface area contributed by atoms with Gasteiger partial charge in [0.15, 0.2) is 0 Å². The van der Waals surface area contributed by atoms with Crippen LogP contribution in [0.3, 0.4) is 0 Å². The van der Waals surface area contributed by atoms with Crippen LogP contribution in [0.15, 0.2) is 72.9 Å². The molecule has 1 heterocycles. The minimum Gasteiger partial charge on any atom is -0.491 e. The molecule has 0 saturated heterocycles. The summed E-state index contributed by atoms with van der Waals surface area (Å²) in [4.78, 5) is 0. The average molecular weight is 412 g/mol. The first kappa shape index (κ1) is 20.5. The van der Waals surface area contributed by atoms with Crippen molar-refractivity contribution in [1.82, 2.24) is 4.57 Å². The van der Waals surface area contributed by atoms with Crippen molar-refractivity contribution in [2.24, 2.45) is 0 Å². The third kappa shape index (κ3) is 4.55. The van der Waals surface area contributed by atoms with Crippen LogP contribution < -0.4 is 10.1 Å². The molecule has 0 bridgehead atoms. The number of benzene rings is 3. The van der Waals surface area contributed by atoms with Crippen LogP contribution in [-0.4, -0.2) is 31.9 Å². The molecule has 0 aliphatic rings. The van der Waals surface area contributed by atoms with Crippen LogP contribution in [0.25, 0.3) is 22.0 Å². The van der Waals surface area contributed by atoms with Crippen molar-refractivity contribution in [3.05, 3.63) is 84.1 Å². The van der Waals surface area contributed by atoms with Gasteiger partial charge in [-0.15, -0.1) is 0 Å². The van der Waals surface area contributed by atoms with Crippen molar-refractivity contribution in [3.8, 4) is 22.9 Å². The molecule has 31 heavy (non-hydrogen) atoms. The summed E-state index contributed by atoms with van der Waals surface area (Å²) < 4.78 is 12.9. The summed E-state index contributed by atoms with van der Waals surface area (Å²) in [6, 6.07) is 24.6. The number of hydrogen-bond donors (Lipinski definition) is 1. The van der Waals surface area contributed by atoms with Gasteiger partial charge in [0.2, 0.25) is 0 Å². The van der Waals surface area contributed by atoms with E-state index < -0.39 is 0 Å². The summed E-state index contributed by atoms with van der Waals surface area (Å²) in [7, 11) is 3.58. The van der Waals surface area contributed by atoms with E-state index in [0.29, 0.717) is 18.8 Å². The lowest BCUT2D eigenvalue weighted by Crippen LogP contribution is -2.04. The zero-order valence-corrected chi connectivity index (χ0v) is 17.8. The SMILES string of the molecule is CNc1cccc(-c2cn(Cc3ccc(OCCOC)cc3)c3ccc(C#N)cc23)c1. The standard InChI is InChI=1S/C26H25N3O2/c1-28-22-5-3-4-21(15-22)25-18-29(26-11-8-20(16-27)14-24(25)26)17-19-6-9-23(10-7-19)31-13-12-30-2/h3-11,14-15,18,28H,12-13,17H2,1-2H3. The average Bonchev–Trinajstić information content (AvgIpc) is 3.18. The first-order valence-electron chi connectivity index (χ1n) is 10.2. The van der Waals surface area contributed by atoms with Gasteiger partial charge in [0.05, 0.1) is 18.2 Å². The van der Waals surface area contributed by atoms with E-state index in [4.69, 9.17) is 9.47 Å². The number of hydrogen-bond acceptors (Lipinski definition) is 4. The second kappa shape index (κ2) is 9.38. The number of anilines is 1. The number of methoxy groups -OCH3 is 1. The van der Waals surface area contributed by atoms with Crippen LogP contribution in [0.4, 0.5) is 5.69 Å². The molecule has 0 unspecified atom stereocenters. The summed E-state index contributed by atoms with van der Waals surface area (Å²) >= 11 is 0. The molecule has 4 rings (SSSR count). The lowest BCUT2D eigenvalue weighted by molar-refractivity contribution is 0.146. The second-order valence-electron chi connectivity index (χ2n) is 7.33. The molecule has 5 nitrogen and oxygen atoms in total. The predicted octanol–water partition coefficient (Wildman–Crippen LogP) is 5.30.